The molecule has 3 nitrogen and oxygen atoms in total. The molecule has 98 valence electrons. The summed E-state index contributed by atoms with van der Waals surface area (Å²) in [5.74, 6) is 0.616. The van der Waals surface area contributed by atoms with Crippen LogP contribution in [0.15, 0.2) is 30.3 Å². The van der Waals surface area contributed by atoms with Gasteiger partial charge in [0.25, 0.3) is 0 Å². The van der Waals surface area contributed by atoms with Gasteiger partial charge in [-0.1, -0.05) is 43.7 Å². The van der Waals surface area contributed by atoms with E-state index in [4.69, 9.17) is 0 Å². The Bertz CT molecular complexity index is 377. The standard InChI is InChI=1S/C15H22N2O/c1-12-6-5-9-14(12)17-15(18)16-11-10-13-7-3-2-4-8-13/h2-4,7-8,12,14H,5-6,9-11H2,1H3,(H2,16,17,18). The molecule has 0 bridgehead atoms. The van der Waals surface area contributed by atoms with Crippen molar-refractivity contribution in [3.8, 4) is 0 Å². The predicted molar refractivity (Wildman–Crippen MR) is 73.5 cm³/mol. The molecule has 1 aliphatic rings. The number of hydrogen-bond donors (Lipinski definition) is 2. The minimum Gasteiger partial charge on any atom is -0.338 e. The van der Waals surface area contributed by atoms with Gasteiger partial charge in [-0.15, -0.1) is 0 Å². The molecule has 0 aromatic heterocycles. The smallest absolute Gasteiger partial charge is 0.315 e. The maximum absolute atomic E-state index is 11.7. The zero-order chi connectivity index (χ0) is 12.8. The molecule has 0 heterocycles. The van der Waals surface area contributed by atoms with Crippen LogP contribution in [0.4, 0.5) is 4.79 Å². The van der Waals surface area contributed by atoms with Gasteiger partial charge in [0.1, 0.15) is 0 Å². The highest BCUT2D eigenvalue weighted by atomic mass is 16.2. The van der Waals surface area contributed by atoms with Gasteiger partial charge in [0.15, 0.2) is 0 Å². The number of rotatable bonds is 4. The van der Waals surface area contributed by atoms with Crippen molar-refractivity contribution in [3.63, 3.8) is 0 Å². The van der Waals surface area contributed by atoms with Crippen molar-refractivity contribution in [1.82, 2.24) is 10.6 Å². The Morgan fingerprint density at radius 1 is 1.28 bits per heavy atom. The van der Waals surface area contributed by atoms with Crippen molar-refractivity contribution >= 4 is 6.03 Å². The fourth-order valence-electron chi connectivity index (χ4n) is 2.54. The molecule has 0 saturated heterocycles. The summed E-state index contributed by atoms with van der Waals surface area (Å²) in [6, 6.07) is 10.6. The molecule has 0 spiro atoms. The van der Waals surface area contributed by atoms with E-state index >= 15 is 0 Å². The maximum Gasteiger partial charge on any atom is 0.315 e. The summed E-state index contributed by atoms with van der Waals surface area (Å²) >= 11 is 0. The number of urea groups is 1. The van der Waals surface area contributed by atoms with E-state index in [0.29, 0.717) is 18.5 Å². The Labute approximate surface area is 109 Å². The molecule has 1 saturated carbocycles. The van der Waals surface area contributed by atoms with Crippen molar-refractivity contribution in [1.29, 1.82) is 0 Å². The highest BCUT2D eigenvalue weighted by molar-refractivity contribution is 5.74. The van der Waals surface area contributed by atoms with Crippen LogP contribution >= 0.6 is 0 Å². The molecule has 0 radical (unpaired) electrons. The predicted octanol–water partition coefficient (Wildman–Crippen LogP) is 2.72. The van der Waals surface area contributed by atoms with Gasteiger partial charge in [0, 0.05) is 12.6 Å². The van der Waals surface area contributed by atoms with Gasteiger partial charge in [0.2, 0.25) is 0 Å². The fraction of sp³-hybridized carbons (Fsp3) is 0.533. The van der Waals surface area contributed by atoms with E-state index < -0.39 is 0 Å². The van der Waals surface area contributed by atoms with Gasteiger partial charge < -0.3 is 10.6 Å². The molecule has 2 rings (SSSR count). The van der Waals surface area contributed by atoms with Crippen LogP contribution < -0.4 is 10.6 Å². The van der Waals surface area contributed by atoms with Crippen LogP contribution in [0.3, 0.4) is 0 Å². The van der Waals surface area contributed by atoms with Gasteiger partial charge in [-0.25, -0.2) is 4.79 Å². The van der Waals surface area contributed by atoms with Crippen molar-refractivity contribution in [3.05, 3.63) is 35.9 Å². The topological polar surface area (TPSA) is 41.1 Å². The summed E-state index contributed by atoms with van der Waals surface area (Å²) in [6.07, 6.45) is 4.47. The number of carbonyl (C=O) groups excluding carboxylic acids is 1. The normalized spacial score (nSPS) is 22.7. The average Bonchev–Trinajstić information content (AvgIpc) is 2.76. The molecule has 2 atom stereocenters. The van der Waals surface area contributed by atoms with E-state index in [-0.39, 0.29) is 6.03 Å². The Hall–Kier alpha value is -1.51. The van der Waals surface area contributed by atoms with E-state index in [1.807, 2.05) is 18.2 Å². The highest BCUT2D eigenvalue weighted by Crippen LogP contribution is 2.24. The molecule has 2 N–H and O–H groups in total. The molecule has 2 unspecified atom stereocenters. The summed E-state index contributed by atoms with van der Waals surface area (Å²) in [5.41, 5.74) is 1.26. The summed E-state index contributed by atoms with van der Waals surface area (Å²) in [7, 11) is 0. The van der Waals surface area contributed by atoms with Crippen LogP contribution in [-0.2, 0) is 6.42 Å². The lowest BCUT2D eigenvalue weighted by Gasteiger charge is -2.17. The minimum atomic E-state index is -0.0234. The van der Waals surface area contributed by atoms with Crippen LogP contribution in [0.2, 0.25) is 0 Å². The van der Waals surface area contributed by atoms with E-state index in [9.17, 15) is 4.79 Å². The van der Waals surface area contributed by atoms with E-state index in [1.54, 1.807) is 0 Å². The Morgan fingerprint density at radius 3 is 2.72 bits per heavy atom. The zero-order valence-corrected chi connectivity index (χ0v) is 11.0. The molecule has 1 aromatic rings. The second-order valence-corrected chi connectivity index (χ2v) is 5.15. The Kier molecular flexibility index (Phi) is 4.62. The van der Waals surface area contributed by atoms with Crippen LogP contribution in [0.25, 0.3) is 0 Å². The zero-order valence-electron chi connectivity index (χ0n) is 11.0. The highest BCUT2D eigenvalue weighted by Gasteiger charge is 2.24. The Balaban J connectivity index is 1.66. The molecular weight excluding hydrogens is 224 g/mol. The third kappa shape index (κ3) is 3.76. The second-order valence-electron chi connectivity index (χ2n) is 5.15. The number of hydrogen-bond acceptors (Lipinski definition) is 1. The molecule has 3 heteroatoms. The first-order chi connectivity index (χ1) is 8.75. The third-order valence-electron chi connectivity index (χ3n) is 3.72. The monoisotopic (exact) mass is 246 g/mol. The van der Waals surface area contributed by atoms with Gasteiger partial charge in [0.05, 0.1) is 0 Å². The SMILES string of the molecule is CC1CCCC1NC(=O)NCCc1ccccc1. The lowest BCUT2D eigenvalue weighted by Crippen LogP contribution is -2.43. The first-order valence-electron chi connectivity index (χ1n) is 6.84. The molecule has 18 heavy (non-hydrogen) atoms. The van der Waals surface area contributed by atoms with E-state index in [1.165, 1.54) is 18.4 Å². The van der Waals surface area contributed by atoms with Gasteiger partial charge in [-0.3, -0.25) is 0 Å². The summed E-state index contributed by atoms with van der Waals surface area (Å²) in [4.78, 5) is 11.7. The minimum absolute atomic E-state index is 0.0234. The maximum atomic E-state index is 11.7. The average molecular weight is 246 g/mol. The third-order valence-corrected chi connectivity index (χ3v) is 3.72. The number of nitrogens with one attached hydrogen (secondary N) is 2. The van der Waals surface area contributed by atoms with E-state index in [2.05, 4.69) is 29.7 Å². The summed E-state index contributed by atoms with van der Waals surface area (Å²) in [5, 5.41) is 5.99. The Morgan fingerprint density at radius 2 is 2.06 bits per heavy atom. The van der Waals surface area contributed by atoms with Crippen molar-refractivity contribution in [2.24, 2.45) is 5.92 Å². The molecular formula is C15H22N2O. The number of amides is 2. The molecule has 2 amide bonds. The first kappa shape index (κ1) is 12.9. The number of benzene rings is 1. The van der Waals surface area contributed by atoms with Gasteiger partial charge >= 0.3 is 6.03 Å². The van der Waals surface area contributed by atoms with Crippen LogP contribution in [-0.4, -0.2) is 18.6 Å². The van der Waals surface area contributed by atoms with E-state index in [0.717, 1.165) is 12.8 Å². The van der Waals surface area contributed by atoms with Crippen molar-refractivity contribution in [2.75, 3.05) is 6.54 Å². The molecule has 1 fully saturated rings. The lowest BCUT2D eigenvalue weighted by atomic mass is 10.1. The largest absolute Gasteiger partial charge is 0.338 e. The second kappa shape index (κ2) is 6.43. The summed E-state index contributed by atoms with van der Waals surface area (Å²) < 4.78 is 0. The van der Waals surface area contributed by atoms with Crippen molar-refractivity contribution < 1.29 is 4.79 Å². The summed E-state index contributed by atoms with van der Waals surface area (Å²) in [6.45, 7) is 2.90. The number of carbonyl (C=O) groups is 1. The molecule has 1 aliphatic carbocycles. The van der Waals surface area contributed by atoms with Crippen LogP contribution in [0.5, 0.6) is 0 Å². The fourth-order valence-corrected chi connectivity index (χ4v) is 2.54. The molecule has 0 aliphatic heterocycles. The van der Waals surface area contributed by atoms with Gasteiger partial charge in [-0.2, -0.15) is 0 Å². The van der Waals surface area contributed by atoms with Crippen LogP contribution in [0.1, 0.15) is 31.7 Å². The van der Waals surface area contributed by atoms with Gasteiger partial charge in [-0.05, 0) is 30.7 Å². The quantitative estimate of drug-likeness (QED) is 0.842. The first-order valence-corrected chi connectivity index (χ1v) is 6.84. The molecule has 1 aromatic carbocycles. The van der Waals surface area contributed by atoms with Crippen molar-refractivity contribution in [2.45, 2.75) is 38.6 Å². The van der Waals surface area contributed by atoms with Crippen LogP contribution in [0, 0.1) is 5.92 Å². The lowest BCUT2D eigenvalue weighted by molar-refractivity contribution is 0.234.